The van der Waals surface area contributed by atoms with Crippen molar-refractivity contribution >= 4 is 5.91 Å². The van der Waals surface area contributed by atoms with E-state index in [4.69, 9.17) is 0 Å². The van der Waals surface area contributed by atoms with Gasteiger partial charge in [0.05, 0.1) is 11.6 Å². The Bertz CT molecular complexity index is 546. The van der Waals surface area contributed by atoms with Gasteiger partial charge in [-0.2, -0.15) is 0 Å². The molecular weight excluding hydrogens is 262 g/mol. The molecule has 1 aromatic rings. The topological polar surface area (TPSA) is 40.5 Å². The fraction of sp³-hybridized carbons (Fsp3) is 0.611. The maximum atomic E-state index is 12.8. The Balaban J connectivity index is 1.72. The molecule has 3 nitrogen and oxygen atoms in total. The van der Waals surface area contributed by atoms with Crippen LogP contribution >= 0.6 is 0 Å². The lowest BCUT2D eigenvalue weighted by Crippen LogP contribution is -2.48. The van der Waals surface area contributed by atoms with Gasteiger partial charge in [-0.15, -0.1) is 0 Å². The quantitative estimate of drug-likeness (QED) is 0.928. The van der Waals surface area contributed by atoms with Gasteiger partial charge < -0.3 is 10.0 Å². The summed E-state index contributed by atoms with van der Waals surface area (Å²) >= 11 is 0. The van der Waals surface area contributed by atoms with Crippen LogP contribution in [0, 0.1) is 12.8 Å². The zero-order valence-electron chi connectivity index (χ0n) is 13.2. The maximum absolute atomic E-state index is 12.8. The second-order valence-electron chi connectivity index (χ2n) is 7.15. The number of amides is 1. The van der Waals surface area contributed by atoms with Crippen molar-refractivity contribution in [3.05, 3.63) is 35.4 Å². The first-order valence-corrected chi connectivity index (χ1v) is 7.98. The van der Waals surface area contributed by atoms with Crippen LogP contribution in [-0.4, -0.2) is 34.1 Å². The van der Waals surface area contributed by atoms with Gasteiger partial charge >= 0.3 is 0 Å². The van der Waals surface area contributed by atoms with Crippen molar-refractivity contribution in [2.24, 2.45) is 5.92 Å². The number of hydrogen-bond donors (Lipinski definition) is 1. The largest absolute Gasteiger partial charge is 0.388 e. The van der Waals surface area contributed by atoms with E-state index in [0.29, 0.717) is 5.92 Å². The van der Waals surface area contributed by atoms with Crippen molar-refractivity contribution in [3.63, 3.8) is 0 Å². The molecule has 0 aromatic heterocycles. The van der Waals surface area contributed by atoms with E-state index >= 15 is 0 Å². The smallest absolute Gasteiger partial charge is 0.226 e. The molecule has 1 aromatic carbocycles. The van der Waals surface area contributed by atoms with Gasteiger partial charge in [0.2, 0.25) is 5.91 Å². The molecule has 2 aliphatic rings. The molecule has 21 heavy (non-hydrogen) atoms. The fourth-order valence-electron chi connectivity index (χ4n) is 3.79. The highest BCUT2D eigenvalue weighted by Gasteiger charge is 2.49. The molecule has 0 spiro atoms. The SMILES string of the molecule is Cc1ccccc1C1CC1C(=O)N1CCCC1C(C)(C)O. The van der Waals surface area contributed by atoms with Gasteiger partial charge in [0.1, 0.15) is 0 Å². The van der Waals surface area contributed by atoms with Crippen LogP contribution in [0.5, 0.6) is 0 Å². The van der Waals surface area contributed by atoms with Gasteiger partial charge in [-0.3, -0.25) is 4.79 Å². The summed E-state index contributed by atoms with van der Waals surface area (Å²) in [6.07, 6.45) is 2.87. The summed E-state index contributed by atoms with van der Waals surface area (Å²) in [5, 5.41) is 10.3. The lowest BCUT2D eigenvalue weighted by molar-refractivity contribution is -0.138. The van der Waals surface area contributed by atoms with Gasteiger partial charge in [0.25, 0.3) is 0 Å². The summed E-state index contributed by atoms with van der Waals surface area (Å²) in [5.41, 5.74) is 1.78. The maximum Gasteiger partial charge on any atom is 0.226 e. The van der Waals surface area contributed by atoms with E-state index in [0.717, 1.165) is 25.8 Å². The van der Waals surface area contributed by atoms with E-state index in [1.807, 2.05) is 24.8 Å². The normalized spacial score (nSPS) is 28.8. The van der Waals surface area contributed by atoms with Gasteiger partial charge in [0, 0.05) is 12.5 Å². The molecule has 1 aliphatic carbocycles. The minimum absolute atomic E-state index is 0.0249. The standard InChI is InChI=1S/C18H25NO2/c1-12-7-4-5-8-13(12)14-11-15(14)17(20)19-10-6-9-16(19)18(2,3)21/h4-5,7-8,14-16,21H,6,9-11H2,1-3H3. The number of likely N-dealkylation sites (tertiary alicyclic amines) is 1. The Morgan fingerprint density at radius 2 is 2.05 bits per heavy atom. The van der Waals surface area contributed by atoms with Crippen molar-refractivity contribution in [1.82, 2.24) is 4.90 Å². The highest BCUT2D eigenvalue weighted by atomic mass is 16.3. The van der Waals surface area contributed by atoms with Gasteiger partial charge in [-0.25, -0.2) is 0 Å². The van der Waals surface area contributed by atoms with E-state index < -0.39 is 5.60 Å². The molecule has 1 saturated carbocycles. The lowest BCUT2D eigenvalue weighted by atomic mass is 9.96. The molecule has 1 saturated heterocycles. The van der Waals surface area contributed by atoms with Crippen LogP contribution in [0.15, 0.2) is 24.3 Å². The molecule has 3 rings (SSSR count). The molecule has 2 fully saturated rings. The number of nitrogens with zero attached hydrogens (tertiary/aromatic N) is 1. The van der Waals surface area contributed by atoms with Crippen LogP contribution in [0.4, 0.5) is 0 Å². The predicted octanol–water partition coefficient (Wildman–Crippen LogP) is 2.86. The first kappa shape index (κ1) is 14.6. The Kier molecular flexibility index (Phi) is 3.56. The lowest BCUT2D eigenvalue weighted by Gasteiger charge is -2.34. The third kappa shape index (κ3) is 2.71. The number of carbonyl (C=O) groups is 1. The highest BCUT2D eigenvalue weighted by molar-refractivity contribution is 5.83. The minimum Gasteiger partial charge on any atom is -0.388 e. The summed E-state index contributed by atoms with van der Waals surface area (Å²) in [4.78, 5) is 14.7. The number of carbonyl (C=O) groups excluding carboxylic acids is 1. The Morgan fingerprint density at radius 3 is 2.71 bits per heavy atom. The van der Waals surface area contributed by atoms with Crippen molar-refractivity contribution in [2.75, 3.05) is 6.54 Å². The average Bonchev–Trinajstić information content (AvgIpc) is 3.03. The zero-order chi connectivity index (χ0) is 15.2. The van der Waals surface area contributed by atoms with Crippen molar-refractivity contribution in [2.45, 2.75) is 57.6 Å². The third-order valence-electron chi connectivity index (χ3n) is 5.05. The summed E-state index contributed by atoms with van der Waals surface area (Å²) in [7, 11) is 0. The van der Waals surface area contributed by atoms with Crippen LogP contribution in [0.2, 0.25) is 0 Å². The van der Waals surface area contributed by atoms with Gasteiger partial charge in [-0.1, -0.05) is 24.3 Å². The van der Waals surface area contributed by atoms with Crippen molar-refractivity contribution in [3.8, 4) is 0 Å². The predicted molar refractivity (Wildman–Crippen MR) is 83.1 cm³/mol. The Labute approximate surface area is 127 Å². The molecule has 1 amide bonds. The first-order chi connectivity index (χ1) is 9.89. The Morgan fingerprint density at radius 1 is 1.33 bits per heavy atom. The average molecular weight is 287 g/mol. The van der Waals surface area contributed by atoms with Crippen molar-refractivity contribution < 1.29 is 9.90 Å². The molecule has 114 valence electrons. The number of aliphatic hydroxyl groups is 1. The first-order valence-electron chi connectivity index (χ1n) is 7.98. The fourth-order valence-corrected chi connectivity index (χ4v) is 3.79. The highest BCUT2D eigenvalue weighted by Crippen LogP contribution is 2.50. The molecule has 3 unspecified atom stereocenters. The molecule has 1 N–H and O–H groups in total. The van der Waals surface area contributed by atoms with Crippen LogP contribution in [0.1, 0.15) is 50.2 Å². The number of hydrogen-bond acceptors (Lipinski definition) is 2. The summed E-state index contributed by atoms with van der Waals surface area (Å²) in [5.74, 6) is 0.740. The number of benzene rings is 1. The molecular formula is C18H25NO2. The number of rotatable bonds is 3. The molecule has 1 heterocycles. The van der Waals surface area contributed by atoms with Crippen LogP contribution < -0.4 is 0 Å². The second kappa shape index (κ2) is 5.13. The summed E-state index contributed by atoms with van der Waals surface area (Å²) in [6.45, 7) is 6.54. The molecule has 3 atom stereocenters. The monoisotopic (exact) mass is 287 g/mol. The second-order valence-corrected chi connectivity index (χ2v) is 7.15. The van der Waals surface area contributed by atoms with Gasteiger partial charge in [0.15, 0.2) is 0 Å². The molecule has 0 bridgehead atoms. The number of aryl methyl sites for hydroxylation is 1. The summed E-state index contributed by atoms with van der Waals surface area (Å²) in [6, 6.07) is 8.33. The van der Waals surface area contributed by atoms with E-state index in [2.05, 4.69) is 25.1 Å². The third-order valence-corrected chi connectivity index (χ3v) is 5.05. The van der Waals surface area contributed by atoms with Crippen LogP contribution in [-0.2, 0) is 4.79 Å². The van der Waals surface area contributed by atoms with Crippen molar-refractivity contribution in [1.29, 1.82) is 0 Å². The zero-order valence-corrected chi connectivity index (χ0v) is 13.2. The van der Waals surface area contributed by atoms with Crippen LogP contribution in [0.3, 0.4) is 0 Å². The molecule has 0 radical (unpaired) electrons. The van der Waals surface area contributed by atoms with E-state index in [-0.39, 0.29) is 17.9 Å². The summed E-state index contributed by atoms with van der Waals surface area (Å²) < 4.78 is 0. The Hall–Kier alpha value is -1.35. The van der Waals surface area contributed by atoms with Crippen LogP contribution in [0.25, 0.3) is 0 Å². The van der Waals surface area contributed by atoms with E-state index in [1.165, 1.54) is 11.1 Å². The van der Waals surface area contributed by atoms with Gasteiger partial charge in [-0.05, 0) is 57.1 Å². The molecule has 1 aliphatic heterocycles. The van der Waals surface area contributed by atoms with E-state index in [9.17, 15) is 9.90 Å². The van der Waals surface area contributed by atoms with E-state index in [1.54, 1.807) is 0 Å². The molecule has 3 heteroatoms. The minimum atomic E-state index is -0.806.